The Bertz CT molecular complexity index is 223. The molecular weight excluding hydrogens is 148 g/mol. The van der Waals surface area contributed by atoms with Crippen LogP contribution in [0.1, 0.15) is 33.1 Å². The maximum atomic E-state index is 11.2. The monoisotopic (exact) mass is 164 g/mol. The molecule has 12 heavy (non-hydrogen) atoms. The van der Waals surface area contributed by atoms with Crippen molar-refractivity contribution < 1.29 is 4.79 Å². The maximum Gasteiger partial charge on any atom is 0.137 e. The topological polar surface area (TPSA) is 17.1 Å². The summed E-state index contributed by atoms with van der Waals surface area (Å²) in [5.74, 6) is 0.428. The molecular formula is C11H16O. The van der Waals surface area contributed by atoms with Gasteiger partial charge < -0.3 is 0 Å². The number of hydrogen-bond acceptors (Lipinski definition) is 1. The van der Waals surface area contributed by atoms with Crippen LogP contribution in [0.4, 0.5) is 0 Å². The van der Waals surface area contributed by atoms with Crippen molar-refractivity contribution >= 4 is 5.78 Å². The zero-order valence-corrected chi connectivity index (χ0v) is 7.84. The highest BCUT2D eigenvalue weighted by Crippen LogP contribution is 2.21. The number of carbonyl (C=O) groups is 1. The Kier molecular flexibility index (Phi) is 3.27. The molecule has 0 aromatic carbocycles. The van der Waals surface area contributed by atoms with E-state index >= 15 is 0 Å². The van der Waals surface area contributed by atoms with Gasteiger partial charge >= 0.3 is 0 Å². The smallest absolute Gasteiger partial charge is 0.137 e. The largest absolute Gasteiger partial charge is 0.299 e. The molecule has 0 radical (unpaired) electrons. The minimum atomic E-state index is 0.140. The minimum absolute atomic E-state index is 0.140. The summed E-state index contributed by atoms with van der Waals surface area (Å²) >= 11 is 0. The number of Topliss-reactive ketones (excluding diaryl/α,β-unsaturated/α-hetero) is 1. The minimum Gasteiger partial charge on any atom is -0.299 e. The summed E-state index contributed by atoms with van der Waals surface area (Å²) in [5.41, 5.74) is 1.22. The highest BCUT2D eigenvalue weighted by atomic mass is 16.1. The Morgan fingerprint density at radius 2 is 2.33 bits per heavy atom. The molecule has 1 aliphatic carbocycles. The van der Waals surface area contributed by atoms with Gasteiger partial charge in [-0.05, 0) is 31.8 Å². The van der Waals surface area contributed by atoms with Gasteiger partial charge in [0.2, 0.25) is 0 Å². The Morgan fingerprint density at radius 1 is 1.58 bits per heavy atom. The van der Waals surface area contributed by atoms with Crippen LogP contribution in [0.2, 0.25) is 0 Å². The first-order valence-electron chi connectivity index (χ1n) is 4.62. The van der Waals surface area contributed by atoms with Crippen molar-refractivity contribution in [2.45, 2.75) is 33.1 Å². The molecule has 0 bridgehead atoms. The standard InChI is InChI=1S/C11H16O/c1-3-11(9(2)12)10-7-5-4-6-8-10/h5,7-8,11H,3-4,6H2,1-2H3/t11-/m1/s1. The van der Waals surface area contributed by atoms with E-state index in [0.717, 1.165) is 19.3 Å². The number of ketones is 1. The lowest BCUT2D eigenvalue weighted by Crippen LogP contribution is -2.12. The van der Waals surface area contributed by atoms with E-state index in [1.807, 2.05) is 0 Å². The van der Waals surface area contributed by atoms with Gasteiger partial charge in [0.05, 0.1) is 0 Å². The summed E-state index contributed by atoms with van der Waals surface area (Å²) in [4.78, 5) is 11.2. The second-order valence-electron chi connectivity index (χ2n) is 3.26. The van der Waals surface area contributed by atoms with Crippen molar-refractivity contribution in [2.75, 3.05) is 0 Å². The molecule has 0 heterocycles. The number of allylic oxidation sites excluding steroid dienone is 4. The SMILES string of the molecule is CC[C@H](C(C)=O)C1=CCCC=C1. The fraction of sp³-hybridized carbons (Fsp3) is 0.545. The third kappa shape index (κ3) is 2.07. The van der Waals surface area contributed by atoms with Crippen molar-refractivity contribution in [2.24, 2.45) is 5.92 Å². The van der Waals surface area contributed by atoms with Gasteiger partial charge in [-0.15, -0.1) is 0 Å². The molecule has 0 aliphatic heterocycles. The lowest BCUT2D eigenvalue weighted by molar-refractivity contribution is -0.119. The molecule has 0 amide bonds. The van der Waals surface area contributed by atoms with Crippen molar-refractivity contribution in [3.63, 3.8) is 0 Å². The molecule has 66 valence electrons. The van der Waals surface area contributed by atoms with Crippen LogP contribution < -0.4 is 0 Å². The highest BCUT2D eigenvalue weighted by Gasteiger charge is 2.15. The predicted octanol–water partition coefficient (Wildman–Crippen LogP) is 2.88. The lowest BCUT2D eigenvalue weighted by Gasteiger charge is -2.14. The number of rotatable bonds is 3. The summed E-state index contributed by atoms with van der Waals surface area (Å²) in [6.45, 7) is 3.74. The van der Waals surface area contributed by atoms with Crippen LogP contribution in [-0.4, -0.2) is 5.78 Å². The van der Waals surface area contributed by atoms with Crippen LogP contribution in [0, 0.1) is 5.92 Å². The van der Waals surface area contributed by atoms with Crippen LogP contribution in [0.25, 0.3) is 0 Å². The van der Waals surface area contributed by atoms with Crippen LogP contribution >= 0.6 is 0 Å². The summed E-state index contributed by atoms with van der Waals surface area (Å²) in [6.07, 6.45) is 9.58. The third-order valence-electron chi connectivity index (χ3n) is 2.33. The van der Waals surface area contributed by atoms with Crippen molar-refractivity contribution in [1.82, 2.24) is 0 Å². The van der Waals surface area contributed by atoms with Gasteiger partial charge in [-0.25, -0.2) is 0 Å². The third-order valence-corrected chi connectivity index (χ3v) is 2.33. The molecule has 0 saturated carbocycles. The molecule has 0 aromatic rings. The maximum absolute atomic E-state index is 11.2. The van der Waals surface area contributed by atoms with Crippen LogP contribution in [0.3, 0.4) is 0 Å². The van der Waals surface area contributed by atoms with Gasteiger partial charge in [-0.2, -0.15) is 0 Å². The molecule has 1 nitrogen and oxygen atoms in total. The Hall–Kier alpha value is -0.850. The van der Waals surface area contributed by atoms with E-state index in [9.17, 15) is 4.79 Å². The lowest BCUT2D eigenvalue weighted by atomic mass is 9.89. The van der Waals surface area contributed by atoms with E-state index < -0.39 is 0 Å². The molecule has 1 aliphatic rings. The normalized spacial score (nSPS) is 18.7. The molecule has 0 unspecified atom stereocenters. The number of hydrogen-bond donors (Lipinski definition) is 0. The van der Waals surface area contributed by atoms with Crippen molar-refractivity contribution in [3.8, 4) is 0 Å². The van der Waals surface area contributed by atoms with Crippen LogP contribution in [0.15, 0.2) is 23.8 Å². The summed E-state index contributed by atoms with van der Waals surface area (Å²) in [7, 11) is 0. The van der Waals surface area contributed by atoms with Crippen LogP contribution in [0.5, 0.6) is 0 Å². The average Bonchev–Trinajstić information content (AvgIpc) is 2.07. The van der Waals surface area contributed by atoms with Crippen LogP contribution in [-0.2, 0) is 4.79 Å². The second kappa shape index (κ2) is 4.24. The van der Waals surface area contributed by atoms with E-state index in [-0.39, 0.29) is 11.7 Å². The molecule has 0 saturated heterocycles. The highest BCUT2D eigenvalue weighted by molar-refractivity contribution is 5.81. The van der Waals surface area contributed by atoms with Gasteiger partial charge in [-0.1, -0.05) is 25.2 Å². The van der Waals surface area contributed by atoms with Gasteiger partial charge in [0.15, 0.2) is 0 Å². The summed E-state index contributed by atoms with van der Waals surface area (Å²) in [5, 5.41) is 0. The van der Waals surface area contributed by atoms with E-state index in [0.29, 0.717) is 0 Å². The van der Waals surface area contributed by atoms with Crippen molar-refractivity contribution in [1.29, 1.82) is 0 Å². The van der Waals surface area contributed by atoms with Gasteiger partial charge in [0, 0.05) is 5.92 Å². The molecule has 1 atom stereocenters. The molecule has 1 rings (SSSR count). The Morgan fingerprint density at radius 3 is 2.75 bits per heavy atom. The van der Waals surface area contributed by atoms with E-state index in [4.69, 9.17) is 0 Å². The first-order chi connectivity index (χ1) is 5.75. The van der Waals surface area contributed by atoms with E-state index in [1.54, 1.807) is 6.92 Å². The van der Waals surface area contributed by atoms with E-state index in [2.05, 4.69) is 25.2 Å². The quantitative estimate of drug-likeness (QED) is 0.626. The molecule has 1 heteroatoms. The molecule has 0 spiro atoms. The first kappa shape index (κ1) is 9.24. The molecule has 0 aromatic heterocycles. The van der Waals surface area contributed by atoms with Crippen molar-refractivity contribution in [3.05, 3.63) is 23.8 Å². The van der Waals surface area contributed by atoms with Gasteiger partial charge in [0.1, 0.15) is 5.78 Å². The Balaban J connectivity index is 2.71. The average molecular weight is 164 g/mol. The molecule has 0 N–H and O–H groups in total. The Labute approximate surface area is 74.2 Å². The summed E-state index contributed by atoms with van der Waals surface area (Å²) in [6, 6.07) is 0. The van der Waals surface area contributed by atoms with Gasteiger partial charge in [-0.3, -0.25) is 4.79 Å². The molecule has 0 fully saturated rings. The fourth-order valence-electron chi connectivity index (χ4n) is 1.65. The first-order valence-corrected chi connectivity index (χ1v) is 4.62. The predicted molar refractivity (Wildman–Crippen MR) is 50.9 cm³/mol. The fourth-order valence-corrected chi connectivity index (χ4v) is 1.65. The van der Waals surface area contributed by atoms with E-state index in [1.165, 1.54) is 5.57 Å². The number of carbonyl (C=O) groups excluding carboxylic acids is 1. The second-order valence-corrected chi connectivity index (χ2v) is 3.26. The summed E-state index contributed by atoms with van der Waals surface area (Å²) < 4.78 is 0. The zero-order valence-electron chi connectivity index (χ0n) is 7.84. The van der Waals surface area contributed by atoms with Gasteiger partial charge in [0.25, 0.3) is 0 Å². The zero-order chi connectivity index (χ0) is 8.97.